The van der Waals surface area contributed by atoms with Crippen LogP contribution in [0, 0.1) is 5.92 Å². The van der Waals surface area contributed by atoms with Crippen LogP contribution in [0.2, 0.25) is 0 Å². The van der Waals surface area contributed by atoms with Crippen LogP contribution in [0.15, 0.2) is 0 Å². The molecule has 1 N–H and O–H groups in total. The third kappa shape index (κ3) is 6.24. The molecule has 0 bridgehead atoms. The second kappa shape index (κ2) is 6.41. The summed E-state index contributed by atoms with van der Waals surface area (Å²) in [5.74, 6) is 0.775. The van der Waals surface area contributed by atoms with Gasteiger partial charge in [-0.25, -0.2) is 4.79 Å². The van der Waals surface area contributed by atoms with Gasteiger partial charge < -0.3 is 15.0 Å². The lowest BCUT2D eigenvalue weighted by molar-refractivity contribution is 0.0485. The lowest BCUT2D eigenvalue weighted by Gasteiger charge is -2.31. The van der Waals surface area contributed by atoms with Crippen molar-refractivity contribution in [1.29, 1.82) is 0 Å². The maximum absolute atomic E-state index is 11.6. The molecule has 0 aromatic rings. The summed E-state index contributed by atoms with van der Waals surface area (Å²) in [6, 6.07) is 0.290. The maximum Gasteiger partial charge on any atom is 0.407 e. The molecule has 0 aromatic heterocycles. The minimum atomic E-state index is -0.411. The number of amides is 1. The van der Waals surface area contributed by atoms with Gasteiger partial charge in [0.05, 0.1) is 0 Å². The molecule has 1 fully saturated rings. The van der Waals surface area contributed by atoms with E-state index in [4.69, 9.17) is 4.74 Å². The van der Waals surface area contributed by atoms with Gasteiger partial charge >= 0.3 is 6.09 Å². The Morgan fingerprint density at radius 1 is 1.22 bits per heavy atom. The zero-order chi connectivity index (χ0) is 13.8. The number of hydrogen-bond acceptors (Lipinski definition) is 3. The first kappa shape index (κ1) is 15.3. The van der Waals surface area contributed by atoms with Crippen molar-refractivity contribution >= 4 is 6.09 Å². The smallest absolute Gasteiger partial charge is 0.407 e. The molecule has 1 aliphatic carbocycles. The summed E-state index contributed by atoms with van der Waals surface area (Å²) in [5.41, 5.74) is -0.411. The monoisotopic (exact) mass is 256 g/mol. The summed E-state index contributed by atoms with van der Waals surface area (Å²) >= 11 is 0. The molecule has 1 aliphatic rings. The quantitative estimate of drug-likeness (QED) is 0.844. The molecule has 0 saturated heterocycles. The number of nitrogens with zero attached hydrogens (tertiary/aromatic N) is 1. The van der Waals surface area contributed by atoms with Crippen LogP contribution in [0.1, 0.15) is 46.5 Å². The van der Waals surface area contributed by atoms with Gasteiger partial charge in [0.2, 0.25) is 0 Å². The molecule has 1 amide bonds. The molecule has 1 saturated carbocycles. The highest BCUT2D eigenvalue weighted by molar-refractivity contribution is 5.68. The molecule has 1 rings (SSSR count). The molecule has 0 spiro atoms. The van der Waals surface area contributed by atoms with Crippen molar-refractivity contribution in [1.82, 2.24) is 10.2 Å². The van der Waals surface area contributed by atoms with Crippen molar-refractivity contribution in [3.63, 3.8) is 0 Å². The third-order valence-electron chi connectivity index (χ3n) is 3.19. The number of nitrogens with one attached hydrogen (secondary N) is 1. The molecular weight excluding hydrogens is 228 g/mol. The minimum absolute atomic E-state index is 0.279. The zero-order valence-electron chi connectivity index (χ0n) is 12.5. The van der Waals surface area contributed by atoms with E-state index >= 15 is 0 Å². The average Bonchev–Trinajstić information content (AvgIpc) is 2.17. The molecule has 0 unspecified atom stereocenters. The van der Waals surface area contributed by atoms with E-state index < -0.39 is 5.60 Å². The second-order valence-corrected chi connectivity index (χ2v) is 6.63. The summed E-state index contributed by atoms with van der Waals surface area (Å²) < 4.78 is 5.27. The zero-order valence-corrected chi connectivity index (χ0v) is 12.5. The lowest BCUT2D eigenvalue weighted by Crippen LogP contribution is -2.41. The lowest BCUT2D eigenvalue weighted by atomic mass is 9.86. The number of alkyl carbamates (subject to hydrolysis) is 1. The first-order chi connectivity index (χ1) is 8.26. The molecule has 0 aliphatic heterocycles. The second-order valence-electron chi connectivity index (χ2n) is 6.63. The van der Waals surface area contributed by atoms with Gasteiger partial charge in [0, 0.05) is 12.6 Å². The van der Waals surface area contributed by atoms with Crippen LogP contribution in [-0.2, 0) is 4.74 Å². The standard InChI is InChI=1S/C14H28N2O2/c1-14(2,3)18-13(17)15-12-8-6-11(7-9-12)10-16(4)5/h11-12H,6-10H2,1-5H3,(H,15,17). The van der Waals surface area contributed by atoms with Crippen LogP contribution in [0.5, 0.6) is 0 Å². The highest BCUT2D eigenvalue weighted by Gasteiger charge is 2.24. The van der Waals surface area contributed by atoms with Crippen LogP contribution >= 0.6 is 0 Å². The van der Waals surface area contributed by atoms with Crippen molar-refractivity contribution in [3.8, 4) is 0 Å². The highest BCUT2D eigenvalue weighted by atomic mass is 16.6. The Labute approximate surface area is 111 Å². The van der Waals surface area contributed by atoms with Gasteiger partial charge in [0.25, 0.3) is 0 Å². The third-order valence-corrected chi connectivity index (χ3v) is 3.19. The van der Waals surface area contributed by atoms with E-state index in [1.54, 1.807) is 0 Å². The highest BCUT2D eigenvalue weighted by Crippen LogP contribution is 2.24. The van der Waals surface area contributed by atoms with Crippen molar-refractivity contribution < 1.29 is 9.53 Å². The van der Waals surface area contributed by atoms with Crippen molar-refractivity contribution in [2.75, 3.05) is 20.6 Å². The number of ether oxygens (including phenoxy) is 1. The van der Waals surface area contributed by atoms with Gasteiger partial charge in [-0.3, -0.25) is 0 Å². The van der Waals surface area contributed by atoms with Crippen LogP contribution in [0.3, 0.4) is 0 Å². The predicted molar refractivity (Wildman–Crippen MR) is 73.7 cm³/mol. The van der Waals surface area contributed by atoms with E-state index in [0.717, 1.165) is 25.3 Å². The molecule has 0 heterocycles. The molecule has 4 heteroatoms. The van der Waals surface area contributed by atoms with Crippen molar-refractivity contribution in [3.05, 3.63) is 0 Å². The molecule has 0 radical (unpaired) electrons. The van der Waals surface area contributed by atoms with Gasteiger partial charge in [0.1, 0.15) is 5.60 Å². The predicted octanol–water partition coefficient (Wildman–Crippen LogP) is 2.63. The molecular formula is C14H28N2O2. The average molecular weight is 256 g/mol. The Balaban J connectivity index is 2.25. The molecule has 4 nitrogen and oxygen atoms in total. The van der Waals surface area contributed by atoms with Crippen LogP contribution in [0.25, 0.3) is 0 Å². The summed E-state index contributed by atoms with van der Waals surface area (Å²) in [6.07, 6.45) is 4.24. The van der Waals surface area contributed by atoms with E-state index in [2.05, 4.69) is 24.3 Å². The summed E-state index contributed by atoms with van der Waals surface area (Å²) in [5, 5.41) is 2.97. The minimum Gasteiger partial charge on any atom is -0.444 e. The fraction of sp³-hybridized carbons (Fsp3) is 0.929. The molecule has 18 heavy (non-hydrogen) atoms. The summed E-state index contributed by atoms with van der Waals surface area (Å²) in [4.78, 5) is 13.9. The van der Waals surface area contributed by atoms with Crippen molar-refractivity contribution in [2.45, 2.75) is 58.1 Å². The normalized spacial score (nSPS) is 25.0. The molecule has 106 valence electrons. The van der Waals surface area contributed by atoms with E-state index in [1.807, 2.05) is 20.8 Å². The van der Waals surface area contributed by atoms with E-state index in [9.17, 15) is 4.79 Å². The van der Waals surface area contributed by atoms with Gasteiger partial charge in [-0.2, -0.15) is 0 Å². The van der Waals surface area contributed by atoms with Crippen LogP contribution < -0.4 is 5.32 Å². The first-order valence-electron chi connectivity index (χ1n) is 6.90. The van der Waals surface area contributed by atoms with Crippen LogP contribution in [0.4, 0.5) is 4.79 Å². The number of carbonyl (C=O) groups is 1. The fourth-order valence-corrected chi connectivity index (χ4v) is 2.48. The van der Waals surface area contributed by atoms with Gasteiger partial charge in [-0.15, -0.1) is 0 Å². The van der Waals surface area contributed by atoms with E-state index in [0.29, 0.717) is 6.04 Å². The Morgan fingerprint density at radius 3 is 2.22 bits per heavy atom. The largest absolute Gasteiger partial charge is 0.444 e. The number of rotatable bonds is 3. The number of hydrogen-bond donors (Lipinski definition) is 1. The van der Waals surface area contributed by atoms with Crippen LogP contribution in [-0.4, -0.2) is 43.3 Å². The SMILES string of the molecule is CN(C)CC1CCC(NC(=O)OC(C)(C)C)CC1. The van der Waals surface area contributed by atoms with Gasteiger partial charge in [-0.05, 0) is 66.5 Å². The van der Waals surface area contributed by atoms with Crippen molar-refractivity contribution in [2.24, 2.45) is 5.92 Å². The summed E-state index contributed by atoms with van der Waals surface area (Å²) in [6.45, 7) is 6.82. The van der Waals surface area contributed by atoms with Gasteiger partial charge in [-0.1, -0.05) is 0 Å². The van der Waals surface area contributed by atoms with Gasteiger partial charge in [0.15, 0.2) is 0 Å². The molecule has 0 aromatic carbocycles. The topological polar surface area (TPSA) is 41.6 Å². The molecule has 0 atom stereocenters. The number of carbonyl (C=O) groups excluding carboxylic acids is 1. The fourth-order valence-electron chi connectivity index (χ4n) is 2.48. The summed E-state index contributed by atoms with van der Waals surface area (Å²) in [7, 11) is 4.23. The Kier molecular flexibility index (Phi) is 5.45. The Hall–Kier alpha value is -0.770. The van der Waals surface area contributed by atoms with E-state index in [-0.39, 0.29) is 6.09 Å². The maximum atomic E-state index is 11.6. The Morgan fingerprint density at radius 2 is 1.78 bits per heavy atom. The first-order valence-corrected chi connectivity index (χ1v) is 6.90. The Bertz CT molecular complexity index is 263. The van der Waals surface area contributed by atoms with E-state index in [1.165, 1.54) is 12.8 Å².